The number of aromatic carboxylic acids is 1. The number of amidine groups is 1. The molecule has 0 saturated heterocycles. The van der Waals surface area contributed by atoms with Gasteiger partial charge >= 0.3 is 0 Å². The van der Waals surface area contributed by atoms with Crippen LogP contribution < -0.4 is 21.0 Å². The Labute approximate surface area is 117 Å². The Morgan fingerprint density at radius 2 is 1.70 bits per heavy atom. The molecule has 0 bridgehead atoms. The molecule has 2 rings (SSSR count). The lowest BCUT2D eigenvalue weighted by molar-refractivity contribution is -0.255. The summed E-state index contributed by atoms with van der Waals surface area (Å²) in [5.41, 5.74) is 6.32. The number of nitrogens with two attached hydrogens (primary N) is 2. The molecule has 104 valence electrons. The first kappa shape index (κ1) is 15.2. The largest absolute Gasteiger partial charge is 0.545 e. The topological polar surface area (TPSA) is 101 Å². The number of benzene rings is 2. The lowest BCUT2D eigenvalue weighted by Crippen LogP contribution is -2.46. The number of carbonyl (C=O) groups excluding carboxylic acids is 1. The summed E-state index contributed by atoms with van der Waals surface area (Å²) in [6.45, 7) is 0. The van der Waals surface area contributed by atoms with Gasteiger partial charge in [0.05, 0.1) is 18.6 Å². The number of methoxy groups -OCH3 is 1. The third-order valence-corrected chi connectivity index (χ3v) is 2.41. The van der Waals surface area contributed by atoms with Gasteiger partial charge in [0.25, 0.3) is 5.84 Å². The Morgan fingerprint density at radius 3 is 2.15 bits per heavy atom. The first-order valence-electron chi connectivity index (χ1n) is 5.83. The van der Waals surface area contributed by atoms with Gasteiger partial charge in [-0.15, -0.1) is 0 Å². The SMILES string of the molecule is COc1cccc(C(=O)[O-])c1.NC(=[NH2+])c1ccccc1. The molecule has 0 amide bonds. The third kappa shape index (κ3) is 4.81. The molecule has 0 saturated carbocycles. The molecule has 0 aliphatic rings. The molecular weight excluding hydrogens is 256 g/mol. The maximum absolute atomic E-state index is 10.3. The quantitative estimate of drug-likeness (QED) is 0.564. The molecule has 0 spiro atoms. The summed E-state index contributed by atoms with van der Waals surface area (Å²) in [5.74, 6) is -0.300. The van der Waals surface area contributed by atoms with E-state index >= 15 is 0 Å². The number of carboxylic acids is 1. The normalized spacial score (nSPS) is 9.05. The number of rotatable bonds is 3. The van der Waals surface area contributed by atoms with Crippen molar-refractivity contribution in [2.75, 3.05) is 7.11 Å². The highest BCUT2D eigenvalue weighted by Crippen LogP contribution is 2.11. The Balaban J connectivity index is 0.000000204. The molecule has 0 aromatic heterocycles. The van der Waals surface area contributed by atoms with Crippen molar-refractivity contribution in [3.63, 3.8) is 0 Å². The van der Waals surface area contributed by atoms with Gasteiger partial charge in [-0.25, -0.2) is 0 Å². The van der Waals surface area contributed by atoms with Gasteiger partial charge in [-0.1, -0.05) is 30.3 Å². The van der Waals surface area contributed by atoms with Gasteiger partial charge in [-0.3, -0.25) is 11.1 Å². The minimum absolute atomic E-state index is 0.129. The van der Waals surface area contributed by atoms with Gasteiger partial charge in [-0.2, -0.15) is 0 Å². The molecule has 0 radical (unpaired) electrons. The highest BCUT2D eigenvalue weighted by Gasteiger charge is 1.95. The Hall–Kier alpha value is -2.82. The molecule has 2 aromatic carbocycles. The summed E-state index contributed by atoms with van der Waals surface area (Å²) in [6, 6.07) is 15.6. The molecule has 0 aliphatic heterocycles. The van der Waals surface area contributed by atoms with Crippen LogP contribution in [0.15, 0.2) is 54.6 Å². The van der Waals surface area contributed by atoms with Crippen LogP contribution in [0.4, 0.5) is 0 Å². The number of hydrogen-bond donors (Lipinski definition) is 2. The van der Waals surface area contributed by atoms with Crippen LogP contribution in [-0.4, -0.2) is 18.9 Å². The minimum atomic E-state index is -1.19. The summed E-state index contributed by atoms with van der Waals surface area (Å²) in [4.78, 5) is 10.3. The average Bonchev–Trinajstić information content (AvgIpc) is 2.49. The van der Waals surface area contributed by atoms with Crippen molar-refractivity contribution >= 4 is 11.8 Å². The van der Waals surface area contributed by atoms with Gasteiger partial charge in [-0.05, 0) is 24.3 Å². The zero-order chi connectivity index (χ0) is 15.0. The number of carbonyl (C=O) groups is 1. The molecule has 0 atom stereocenters. The fourth-order valence-electron chi connectivity index (χ4n) is 1.38. The molecule has 0 fully saturated rings. The maximum Gasteiger partial charge on any atom is 0.270 e. The molecule has 2 aromatic rings. The Morgan fingerprint density at radius 1 is 1.10 bits per heavy atom. The van der Waals surface area contributed by atoms with E-state index in [2.05, 4.69) is 0 Å². The Kier molecular flexibility index (Phi) is 5.77. The third-order valence-electron chi connectivity index (χ3n) is 2.41. The van der Waals surface area contributed by atoms with Crippen LogP contribution in [0.5, 0.6) is 5.75 Å². The van der Waals surface area contributed by atoms with Gasteiger partial charge < -0.3 is 14.6 Å². The second kappa shape index (κ2) is 7.58. The molecule has 20 heavy (non-hydrogen) atoms. The van der Waals surface area contributed by atoms with Gasteiger partial charge in [0, 0.05) is 5.56 Å². The predicted octanol–water partition coefficient (Wildman–Crippen LogP) is -0.790. The van der Waals surface area contributed by atoms with Crippen LogP contribution in [0.25, 0.3) is 0 Å². The summed E-state index contributed by atoms with van der Waals surface area (Å²) >= 11 is 0. The van der Waals surface area contributed by atoms with Crippen LogP contribution in [-0.2, 0) is 0 Å². The van der Waals surface area contributed by atoms with Gasteiger partial charge in [0.2, 0.25) is 0 Å². The van der Waals surface area contributed by atoms with Crippen molar-refractivity contribution < 1.29 is 20.0 Å². The first-order chi connectivity index (χ1) is 9.54. The van der Waals surface area contributed by atoms with Gasteiger partial charge in [0.1, 0.15) is 5.75 Å². The summed E-state index contributed by atoms with van der Waals surface area (Å²) < 4.78 is 4.81. The van der Waals surface area contributed by atoms with E-state index in [-0.39, 0.29) is 5.56 Å². The van der Waals surface area contributed by atoms with E-state index in [1.165, 1.54) is 19.2 Å². The highest BCUT2D eigenvalue weighted by atomic mass is 16.5. The van der Waals surface area contributed by atoms with Crippen LogP contribution in [0.2, 0.25) is 0 Å². The fourth-order valence-corrected chi connectivity index (χ4v) is 1.38. The number of carboxylic acid groups (broad SMARTS) is 1. The van der Waals surface area contributed by atoms with Crippen LogP contribution in [0.3, 0.4) is 0 Å². The van der Waals surface area contributed by atoms with Crippen molar-refractivity contribution in [3.05, 3.63) is 65.7 Å². The molecule has 0 unspecified atom stereocenters. The van der Waals surface area contributed by atoms with Crippen molar-refractivity contribution in [1.29, 1.82) is 0 Å². The van der Waals surface area contributed by atoms with E-state index in [4.69, 9.17) is 15.9 Å². The monoisotopic (exact) mass is 272 g/mol. The van der Waals surface area contributed by atoms with Crippen molar-refractivity contribution in [2.45, 2.75) is 0 Å². The van der Waals surface area contributed by atoms with E-state index in [9.17, 15) is 9.90 Å². The minimum Gasteiger partial charge on any atom is -0.545 e. The van der Waals surface area contributed by atoms with Crippen molar-refractivity contribution in [1.82, 2.24) is 0 Å². The zero-order valence-corrected chi connectivity index (χ0v) is 11.1. The van der Waals surface area contributed by atoms with Crippen LogP contribution >= 0.6 is 0 Å². The Bertz CT molecular complexity index is 583. The van der Waals surface area contributed by atoms with Gasteiger partial charge in [0.15, 0.2) is 0 Å². The summed E-state index contributed by atoms with van der Waals surface area (Å²) in [6.07, 6.45) is 0. The summed E-state index contributed by atoms with van der Waals surface area (Å²) in [5, 5.41) is 15.6. The molecule has 0 aliphatic carbocycles. The van der Waals surface area contributed by atoms with E-state index in [0.29, 0.717) is 11.6 Å². The maximum atomic E-state index is 10.3. The molecule has 5 heteroatoms. The van der Waals surface area contributed by atoms with E-state index in [0.717, 1.165) is 5.56 Å². The van der Waals surface area contributed by atoms with Crippen LogP contribution in [0, 0.1) is 0 Å². The molecular formula is C15H16N2O3. The smallest absolute Gasteiger partial charge is 0.270 e. The van der Waals surface area contributed by atoms with E-state index in [1.54, 1.807) is 12.1 Å². The lowest BCUT2D eigenvalue weighted by atomic mass is 10.2. The highest BCUT2D eigenvalue weighted by molar-refractivity contribution is 5.92. The number of hydrogen-bond acceptors (Lipinski definition) is 3. The van der Waals surface area contributed by atoms with E-state index < -0.39 is 5.97 Å². The van der Waals surface area contributed by atoms with E-state index in [1.807, 2.05) is 30.3 Å². The lowest BCUT2D eigenvalue weighted by Gasteiger charge is -2.03. The second-order valence-corrected chi connectivity index (χ2v) is 3.84. The average molecular weight is 272 g/mol. The summed E-state index contributed by atoms with van der Waals surface area (Å²) in [7, 11) is 1.48. The van der Waals surface area contributed by atoms with Crippen molar-refractivity contribution in [3.8, 4) is 5.75 Å². The standard InChI is InChI=1S/C8H8O3.C7H8N2/c1-11-7-4-2-3-6(5-7)8(9)10;8-7(9)6-4-2-1-3-5-6/h2-5H,1H3,(H,9,10);1-5H,(H3,8,9). The van der Waals surface area contributed by atoms with Crippen LogP contribution in [0.1, 0.15) is 15.9 Å². The molecule has 4 N–H and O–H groups in total. The second-order valence-electron chi connectivity index (χ2n) is 3.84. The number of ether oxygens (including phenoxy) is 1. The van der Waals surface area contributed by atoms with Crippen molar-refractivity contribution in [2.24, 2.45) is 5.73 Å². The zero-order valence-electron chi connectivity index (χ0n) is 11.1. The first-order valence-corrected chi connectivity index (χ1v) is 5.83. The molecule has 5 nitrogen and oxygen atoms in total. The fraction of sp³-hybridized carbons (Fsp3) is 0.0667. The predicted molar refractivity (Wildman–Crippen MR) is 74.0 cm³/mol. The molecule has 0 heterocycles.